The van der Waals surface area contributed by atoms with Crippen LogP contribution in [0.4, 0.5) is 0 Å². The Kier molecular flexibility index (Phi) is 4.04. The highest BCUT2D eigenvalue weighted by Gasteiger charge is 2.12. The fraction of sp³-hybridized carbons (Fsp3) is 0.125. The average Bonchev–Trinajstić information content (AvgIpc) is 2.40. The first kappa shape index (κ1) is 14.9. The molecule has 0 amide bonds. The zero-order valence-corrected chi connectivity index (χ0v) is 15.3. The summed E-state index contributed by atoms with van der Waals surface area (Å²) in [5.41, 5.74) is 4.17. The molecule has 1 aromatic heterocycles. The highest BCUT2D eigenvalue weighted by molar-refractivity contribution is 9.11. The van der Waals surface area contributed by atoms with Gasteiger partial charge in [-0.15, -0.1) is 0 Å². The van der Waals surface area contributed by atoms with E-state index in [9.17, 15) is 0 Å². The molecule has 0 aliphatic carbocycles. The van der Waals surface area contributed by atoms with Crippen molar-refractivity contribution in [3.63, 3.8) is 0 Å². The zero-order valence-electron chi connectivity index (χ0n) is 11.4. The van der Waals surface area contributed by atoms with Crippen molar-refractivity contribution in [2.24, 2.45) is 0 Å². The summed E-state index contributed by atoms with van der Waals surface area (Å²) in [6, 6.07) is 10.1. The second-order valence-electron chi connectivity index (χ2n) is 4.94. The van der Waals surface area contributed by atoms with Gasteiger partial charge in [-0.2, -0.15) is 0 Å². The third-order valence-electron chi connectivity index (χ3n) is 3.30. The molecule has 0 bridgehead atoms. The summed E-state index contributed by atoms with van der Waals surface area (Å²) in [6.45, 7) is 4.12. The molecule has 21 heavy (non-hydrogen) atoms. The standard InChI is InChI=1S/C16H11Br2ClN2/c1-8-3-4-11(9(2)5-8)16-20-14-12(15(19)21-16)6-10(17)7-13(14)18/h3-7H,1-2H3. The minimum absolute atomic E-state index is 0.456. The summed E-state index contributed by atoms with van der Waals surface area (Å²) in [5.74, 6) is 0.646. The van der Waals surface area contributed by atoms with E-state index in [1.165, 1.54) is 5.56 Å². The number of benzene rings is 2. The Morgan fingerprint density at radius 1 is 1.00 bits per heavy atom. The van der Waals surface area contributed by atoms with E-state index in [1.807, 2.05) is 18.2 Å². The van der Waals surface area contributed by atoms with E-state index in [4.69, 9.17) is 11.6 Å². The van der Waals surface area contributed by atoms with Gasteiger partial charge in [0.05, 0.1) is 5.52 Å². The van der Waals surface area contributed by atoms with Crippen molar-refractivity contribution in [2.75, 3.05) is 0 Å². The van der Waals surface area contributed by atoms with Gasteiger partial charge in [-0.25, -0.2) is 9.97 Å². The van der Waals surface area contributed by atoms with E-state index in [-0.39, 0.29) is 0 Å². The van der Waals surface area contributed by atoms with Crippen LogP contribution in [0, 0.1) is 13.8 Å². The van der Waals surface area contributed by atoms with Gasteiger partial charge >= 0.3 is 0 Å². The summed E-state index contributed by atoms with van der Waals surface area (Å²) in [6.07, 6.45) is 0. The Hall–Kier alpha value is -0.970. The maximum atomic E-state index is 6.35. The van der Waals surface area contributed by atoms with Gasteiger partial charge in [0.15, 0.2) is 5.82 Å². The molecule has 0 aliphatic rings. The molecule has 0 aliphatic heterocycles. The minimum Gasteiger partial charge on any atom is -0.227 e. The van der Waals surface area contributed by atoms with Crippen LogP contribution in [0.3, 0.4) is 0 Å². The van der Waals surface area contributed by atoms with Crippen LogP contribution in [0.2, 0.25) is 5.15 Å². The van der Waals surface area contributed by atoms with Gasteiger partial charge in [0, 0.05) is 19.9 Å². The number of aromatic nitrogens is 2. The van der Waals surface area contributed by atoms with Gasteiger partial charge < -0.3 is 0 Å². The third-order valence-corrected chi connectivity index (χ3v) is 4.65. The van der Waals surface area contributed by atoms with Gasteiger partial charge in [-0.3, -0.25) is 0 Å². The van der Waals surface area contributed by atoms with E-state index >= 15 is 0 Å². The van der Waals surface area contributed by atoms with Crippen LogP contribution in [0.15, 0.2) is 39.3 Å². The van der Waals surface area contributed by atoms with Crippen molar-refractivity contribution in [3.05, 3.63) is 55.6 Å². The van der Waals surface area contributed by atoms with Crippen LogP contribution in [0.25, 0.3) is 22.3 Å². The molecule has 0 fully saturated rings. The van der Waals surface area contributed by atoms with Gasteiger partial charge in [0.25, 0.3) is 0 Å². The van der Waals surface area contributed by atoms with Gasteiger partial charge in [0.1, 0.15) is 5.15 Å². The molecule has 106 valence electrons. The lowest BCUT2D eigenvalue weighted by Gasteiger charge is -2.09. The fourth-order valence-corrected chi connectivity index (χ4v) is 3.84. The predicted octanol–water partition coefficient (Wildman–Crippen LogP) is 6.09. The molecule has 0 saturated carbocycles. The van der Waals surface area contributed by atoms with Crippen LogP contribution >= 0.6 is 43.5 Å². The average molecular weight is 427 g/mol. The van der Waals surface area contributed by atoms with E-state index in [0.717, 1.165) is 31.0 Å². The highest BCUT2D eigenvalue weighted by Crippen LogP contribution is 2.33. The zero-order chi connectivity index (χ0) is 15.1. The Labute approximate surface area is 144 Å². The number of rotatable bonds is 1. The van der Waals surface area contributed by atoms with Crippen LogP contribution < -0.4 is 0 Å². The maximum Gasteiger partial charge on any atom is 0.161 e. The molecule has 0 spiro atoms. The highest BCUT2D eigenvalue weighted by atomic mass is 79.9. The van der Waals surface area contributed by atoms with E-state index < -0.39 is 0 Å². The Morgan fingerprint density at radius 2 is 1.76 bits per heavy atom. The summed E-state index contributed by atoms with van der Waals surface area (Å²) < 4.78 is 1.83. The Morgan fingerprint density at radius 3 is 2.48 bits per heavy atom. The smallest absolute Gasteiger partial charge is 0.161 e. The normalized spacial score (nSPS) is 11.1. The molecular weight excluding hydrogens is 415 g/mol. The number of aryl methyl sites for hydroxylation is 2. The lowest BCUT2D eigenvalue weighted by Crippen LogP contribution is -1.95. The first-order chi connectivity index (χ1) is 9.95. The molecule has 0 N–H and O–H groups in total. The summed E-state index contributed by atoms with van der Waals surface area (Å²) in [5, 5.41) is 1.28. The molecule has 1 heterocycles. The first-order valence-electron chi connectivity index (χ1n) is 6.35. The van der Waals surface area contributed by atoms with E-state index in [1.54, 1.807) is 0 Å². The van der Waals surface area contributed by atoms with E-state index in [0.29, 0.717) is 11.0 Å². The second kappa shape index (κ2) is 5.67. The molecule has 0 atom stereocenters. The largest absolute Gasteiger partial charge is 0.227 e. The van der Waals surface area contributed by atoms with Crippen molar-refractivity contribution < 1.29 is 0 Å². The monoisotopic (exact) mass is 424 g/mol. The number of hydrogen-bond acceptors (Lipinski definition) is 2. The molecule has 0 saturated heterocycles. The van der Waals surface area contributed by atoms with Crippen LogP contribution in [0.5, 0.6) is 0 Å². The van der Waals surface area contributed by atoms with Crippen molar-refractivity contribution >= 4 is 54.4 Å². The third kappa shape index (κ3) is 2.85. The number of halogens is 3. The Bertz CT molecular complexity index is 863. The number of fused-ring (bicyclic) bond motifs is 1. The van der Waals surface area contributed by atoms with Gasteiger partial charge in [0.2, 0.25) is 0 Å². The number of hydrogen-bond donors (Lipinski definition) is 0. The summed E-state index contributed by atoms with van der Waals surface area (Å²) in [4.78, 5) is 9.13. The quantitative estimate of drug-likeness (QED) is 0.440. The van der Waals surface area contributed by atoms with Crippen LogP contribution in [-0.2, 0) is 0 Å². The molecular formula is C16H11Br2ClN2. The second-order valence-corrected chi connectivity index (χ2v) is 7.07. The first-order valence-corrected chi connectivity index (χ1v) is 8.32. The molecule has 5 heteroatoms. The van der Waals surface area contributed by atoms with E-state index in [2.05, 4.69) is 67.8 Å². The SMILES string of the molecule is Cc1ccc(-c2nc(Cl)c3cc(Br)cc(Br)c3n2)c(C)c1. The fourth-order valence-electron chi connectivity index (χ4n) is 2.31. The van der Waals surface area contributed by atoms with Crippen LogP contribution in [0.1, 0.15) is 11.1 Å². The molecule has 2 nitrogen and oxygen atoms in total. The molecule has 3 rings (SSSR count). The van der Waals surface area contributed by atoms with Gasteiger partial charge in [-0.1, -0.05) is 51.3 Å². The molecule has 3 aromatic rings. The predicted molar refractivity (Wildman–Crippen MR) is 94.9 cm³/mol. The minimum atomic E-state index is 0.456. The van der Waals surface area contributed by atoms with Crippen molar-refractivity contribution in [1.29, 1.82) is 0 Å². The van der Waals surface area contributed by atoms with Crippen molar-refractivity contribution in [2.45, 2.75) is 13.8 Å². The van der Waals surface area contributed by atoms with Gasteiger partial charge in [-0.05, 0) is 47.5 Å². The molecule has 2 aromatic carbocycles. The maximum absolute atomic E-state index is 6.35. The van der Waals surface area contributed by atoms with Crippen molar-refractivity contribution in [3.8, 4) is 11.4 Å². The Balaban J connectivity index is 2.30. The van der Waals surface area contributed by atoms with Crippen molar-refractivity contribution in [1.82, 2.24) is 9.97 Å². The molecule has 0 unspecified atom stereocenters. The lowest BCUT2D eigenvalue weighted by atomic mass is 10.1. The number of nitrogens with zero attached hydrogens (tertiary/aromatic N) is 2. The summed E-state index contributed by atoms with van der Waals surface area (Å²) >= 11 is 13.3. The van der Waals surface area contributed by atoms with Crippen LogP contribution in [-0.4, -0.2) is 9.97 Å². The molecule has 0 radical (unpaired) electrons. The summed E-state index contributed by atoms with van der Waals surface area (Å²) in [7, 11) is 0. The topological polar surface area (TPSA) is 25.8 Å². The lowest BCUT2D eigenvalue weighted by molar-refractivity contribution is 1.21.